The van der Waals surface area contributed by atoms with Crippen molar-refractivity contribution >= 4 is 11.6 Å². The first-order valence-electron chi connectivity index (χ1n) is 6.43. The van der Waals surface area contributed by atoms with E-state index in [-0.39, 0.29) is 5.92 Å². The minimum Gasteiger partial charge on any atom is -0.381 e. The van der Waals surface area contributed by atoms with Gasteiger partial charge in [0.1, 0.15) is 11.0 Å². The average molecular weight is 275 g/mol. The maximum atomic E-state index is 6.26. The average Bonchev–Trinajstić information content (AvgIpc) is 2.97. The summed E-state index contributed by atoms with van der Waals surface area (Å²) < 4.78 is 5.40. The molecule has 0 amide bonds. The van der Waals surface area contributed by atoms with Gasteiger partial charge in [-0.05, 0) is 13.3 Å². The van der Waals surface area contributed by atoms with Crippen LogP contribution in [0.2, 0.25) is 5.15 Å². The second-order valence-electron chi connectivity index (χ2n) is 4.77. The van der Waals surface area contributed by atoms with Crippen molar-refractivity contribution in [3.63, 3.8) is 0 Å². The summed E-state index contributed by atoms with van der Waals surface area (Å²) in [5, 5.41) is 0.538. The van der Waals surface area contributed by atoms with E-state index in [1.54, 1.807) is 0 Å². The number of hydrogen-bond donors (Lipinski definition) is 0. The van der Waals surface area contributed by atoms with Gasteiger partial charge in [0.15, 0.2) is 0 Å². The maximum Gasteiger partial charge on any atom is 0.136 e. The summed E-state index contributed by atoms with van der Waals surface area (Å²) in [4.78, 5) is 9.13. The Morgan fingerprint density at radius 1 is 1.21 bits per heavy atom. The van der Waals surface area contributed by atoms with Crippen LogP contribution in [0.4, 0.5) is 0 Å². The number of nitrogens with zero attached hydrogens (tertiary/aromatic N) is 2. The number of benzene rings is 1. The Hall–Kier alpha value is -1.45. The van der Waals surface area contributed by atoms with Crippen LogP contribution in [0.5, 0.6) is 0 Å². The Morgan fingerprint density at radius 3 is 2.68 bits per heavy atom. The molecule has 1 aromatic heterocycles. The van der Waals surface area contributed by atoms with Gasteiger partial charge >= 0.3 is 0 Å². The van der Waals surface area contributed by atoms with E-state index in [2.05, 4.69) is 4.98 Å². The quantitative estimate of drug-likeness (QED) is 0.785. The molecule has 1 saturated heterocycles. The van der Waals surface area contributed by atoms with Crippen LogP contribution in [0.25, 0.3) is 11.3 Å². The largest absolute Gasteiger partial charge is 0.381 e. The molecule has 3 rings (SSSR count). The first-order valence-corrected chi connectivity index (χ1v) is 6.80. The van der Waals surface area contributed by atoms with E-state index in [1.807, 2.05) is 37.3 Å². The molecule has 1 atom stereocenters. The fraction of sp³-hybridized carbons (Fsp3) is 0.333. The van der Waals surface area contributed by atoms with Crippen molar-refractivity contribution < 1.29 is 4.74 Å². The van der Waals surface area contributed by atoms with Gasteiger partial charge in [-0.25, -0.2) is 9.97 Å². The van der Waals surface area contributed by atoms with Crippen LogP contribution in [-0.4, -0.2) is 23.2 Å². The van der Waals surface area contributed by atoms with Gasteiger partial charge in [0, 0.05) is 23.7 Å². The van der Waals surface area contributed by atoms with E-state index >= 15 is 0 Å². The zero-order chi connectivity index (χ0) is 13.2. The fourth-order valence-corrected chi connectivity index (χ4v) is 2.48. The van der Waals surface area contributed by atoms with Crippen molar-refractivity contribution in [3.8, 4) is 11.3 Å². The molecule has 19 heavy (non-hydrogen) atoms. The SMILES string of the molecule is Cc1c(Cl)nc(C2CCOC2)nc1-c1ccccc1. The maximum absolute atomic E-state index is 6.26. The Labute approximate surface area is 117 Å². The van der Waals surface area contributed by atoms with Gasteiger partial charge in [-0.1, -0.05) is 41.9 Å². The third-order valence-electron chi connectivity index (χ3n) is 3.45. The Kier molecular flexibility index (Phi) is 3.49. The smallest absolute Gasteiger partial charge is 0.136 e. The highest BCUT2D eigenvalue weighted by Gasteiger charge is 2.22. The summed E-state index contributed by atoms with van der Waals surface area (Å²) in [6.07, 6.45) is 0.966. The second-order valence-corrected chi connectivity index (χ2v) is 5.13. The highest BCUT2D eigenvalue weighted by Crippen LogP contribution is 2.30. The summed E-state index contributed by atoms with van der Waals surface area (Å²) >= 11 is 6.26. The highest BCUT2D eigenvalue weighted by molar-refractivity contribution is 6.30. The van der Waals surface area contributed by atoms with Crippen LogP contribution in [0.3, 0.4) is 0 Å². The number of rotatable bonds is 2. The lowest BCUT2D eigenvalue weighted by atomic mass is 10.1. The first-order chi connectivity index (χ1) is 9.25. The molecule has 2 heterocycles. The Bertz CT molecular complexity index is 580. The first kappa shape index (κ1) is 12.6. The van der Waals surface area contributed by atoms with Crippen LogP contribution in [0.15, 0.2) is 30.3 Å². The van der Waals surface area contributed by atoms with Crippen LogP contribution in [-0.2, 0) is 4.74 Å². The monoisotopic (exact) mass is 274 g/mol. The number of aromatic nitrogens is 2. The van der Waals surface area contributed by atoms with Crippen molar-refractivity contribution in [2.24, 2.45) is 0 Å². The minimum atomic E-state index is 0.264. The molecule has 1 fully saturated rings. The molecule has 98 valence electrons. The summed E-state index contributed by atoms with van der Waals surface area (Å²) in [6.45, 7) is 3.42. The van der Waals surface area contributed by atoms with Crippen molar-refractivity contribution in [1.29, 1.82) is 0 Å². The van der Waals surface area contributed by atoms with Crippen molar-refractivity contribution in [1.82, 2.24) is 9.97 Å². The van der Waals surface area contributed by atoms with Crippen molar-refractivity contribution in [3.05, 3.63) is 46.9 Å². The molecule has 4 heteroatoms. The minimum absolute atomic E-state index is 0.264. The predicted octanol–water partition coefficient (Wildman–Crippen LogP) is 3.61. The van der Waals surface area contributed by atoms with E-state index in [9.17, 15) is 0 Å². The molecule has 0 N–H and O–H groups in total. The van der Waals surface area contributed by atoms with E-state index in [1.165, 1.54) is 0 Å². The zero-order valence-electron chi connectivity index (χ0n) is 10.8. The molecule has 0 saturated carbocycles. The lowest BCUT2D eigenvalue weighted by Crippen LogP contribution is -2.07. The standard InChI is InChI=1S/C15H15ClN2O/c1-10-13(11-5-3-2-4-6-11)17-15(18-14(10)16)12-7-8-19-9-12/h2-6,12H,7-9H2,1H3. The third kappa shape index (κ3) is 2.48. The van der Waals surface area contributed by atoms with Crippen LogP contribution < -0.4 is 0 Å². The molecule has 3 nitrogen and oxygen atoms in total. The Balaban J connectivity index is 2.08. The van der Waals surface area contributed by atoms with E-state index in [0.717, 1.165) is 35.7 Å². The van der Waals surface area contributed by atoms with Crippen molar-refractivity contribution in [2.75, 3.05) is 13.2 Å². The number of ether oxygens (including phenoxy) is 1. The summed E-state index contributed by atoms with van der Waals surface area (Å²) in [5.41, 5.74) is 2.92. The van der Waals surface area contributed by atoms with Gasteiger partial charge in [0.25, 0.3) is 0 Å². The summed E-state index contributed by atoms with van der Waals surface area (Å²) in [5.74, 6) is 1.06. The molecule has 1 aliphatic heterocycles. The molecule has 0 aliphatic carbocycles. The molecule has 2 aromatic rings. The topological polar surface area (TPSA) is 35.0 Å². The molecular formula is C15H15ClN2O. The lowest BCUT2D eigenvalue weighted by Gasteiger charge is -2.12. The van der Waals surface area contributed by atoms with Crippen LogP contribution >= 0.6 is 11.6 Å². The van der Waals surface area contributed by atoms with E-state index in [4.69, 9.17) is 21.3 Å². The lowest BCUT2D eigenvalue weighted by molar-refractivity contribution is 0.193. The molecule has 0 radical (unpaired) electrons. The Morgan fingerprint density at radius 2 is 2.00 bits per heavy atom. The fourth-order valence-electron chi connectivity index (χ4n) is 2.30. The normalized spacial score (nSPS) is 18.7. The molecule has 0 bridgehead atoms. The molecule has 0 spiro atoms. The summed E-state index contributed by atoms with van der Waals surface area (Å²) in [7, 11) is 0. The van der Waals surface area contributed by atoms with Crippen LogP contribution in [0.1, 0.15) is 23.7 Å². The van der Waals surface area contributed by atoms with Gasteiger partial charge < -0.3 is 4.74 Å². The number of hydrogen-bond acceptors (Lipinski definition) is 3. The van der Waals surface area contributed by atoms with Crippen LogP contribution in [0, 0.1) is 6.92 Å². The predicted molar refractivity (Wildman–Crippen MR) is 75.4 cm³/mol. The van der Waals surface area contributed by atoms with E-state index < -0.39 is 0 Å². The van der Waals surface area contributed by atoms with Gasteiger partial charge in [-0.2, -0.15) is 0 Å². The van der Waals surface area contributed by atoms with Gasteiger partial charge in [-0.15, -0.1) is 0 Å². The van der Waals surface area contributed by atoms with E-state index in [0.29, 0.717) is 11.8 Å². The third-order valence-corrected chi connectivity index (χ3v) is 3.81. The molecule has 1 aromatic carbocycles. The van der Waals surface area contributed by atoms with Gasteiger partial charge in [-0.3, -0.25) is 0 Å². The second kappa shape index (κ2) is 5.27. The van der Waals surface area contributed by atoms with Gasteiger partial charge in [0.05, 0.1) is 12.3 Å². The number of halogens is 1. The molecule has 1 aliphatic rings. The zero-order valence-corrected chi connectivity index (χ0v) is 11.5. The molecule has 1 unspecified atom stereocenters. The molecular weight excluding hydrogens is 260 g/mol. The van der Waals surface area contributed by atoms with Gasteiger partial charge in [0.2, 0.25) is 0 Å². The summed E-state index contributed by atoms with van der Waals surface area (Å²) in [6, 6.07) is 10.1. The highest BCUT2D eigenvalue weighted by atomic mass is 35.5. The van der Waals surface area contributed by atoms with Crippen molar-refractivity contribution in [2.45, 2.75) is 19.3 Å².